The van der Waals surface area contributed by atoms with Crippen LogP contribution in [-0.4, -0.2) is 33.4 Å². The van der Waals surface area contributed by atoms with E-state index in [1.54, 1.807) is 6.20 Å². The van der Waals surface area contributed by atoms with Gasteiger partial charge in [-0.2, -0.15) is 13.2 Å². The number of piperidine rings is 1. The standard InChI is InChI=1S/C20H18F3N5O/c21-20(22,23)13-6-4-12(5-7-13)15-11-27-19(18-17(15)24-8-9-25-18)26-10-14-2-1-3-16(29)28-14/h4-9,11,14H,1-3,10H2,(H,26,27)(H,28,29)/t14-/m1/s1. The molecular formula is C20H18F3N5O. The second-order valence-corrected chi connectivity index (χ2v) is 6.89. The van der Waals surface area contributed by atoms with Crippen molar-refractivity contribution in [1.29, 1.82) is 0 Å². The molecule has 1 atom stereocenters. The summed E-state index contributed by atoms with van der Waals surface area (Å²) in [4.78, 5) is 24.7. The predicted molar refractivity (Wildman–Crippen MR) is 102 cm³/mol. The zero-order chi connectivity index (χ0) is 20.4. The number of aromatic nitrogens is 3. The van der Waals surface area contributed by atoms with Crippen LogP contribution in [0.15, 0.2) is 42.9 Å². The van der Waals surface area contributed by atoms with Crippen LogP contribution < -0.4 is 10.6 Å². The number of hydrogen-bond donors (Lipinski definition) is 2. The van der Waals surface area contributed by atoms with Gasteiger partial charge in [0, 0.05) is 43.2 Å². The molecule has 9 heteroatoms. The van der Waals surface area contributed by atoms with Crippen molar-refractivity contribution in [2.75, 3.05) is 11.9 Å². The lowest BCUT2D eigenvalue weighted by Crippen LogP contribution is -2.42. The first-order valence-corrected chi connectivity index (χ1v) is 9.22. The molecule has 2 aromatic heterocycles. The number of alkyl halides is 3. The Labute approximate surface area is 164 Å². The Morgan fingerprint density at radius 2 is 1.79 bits per heavy atom. The molecule has 0 bridgehead atoms. The summed E-state index contributed by atoms with van der Waals surface area (Å²) in [5, 5.41) is 6.14. The van der Waals surface area contributed by atoms with Gasteiger partial charge in [-0.3, -0.25) is 9.78 Å². The van der Waals surface area contributed by atoms with Crippen molar-refractivity contribution in [1.82, 2.24) is 20.3 Å². The molecule has 150 valence electrons. The summed E-state index contributed by atoms with van der Waals surface area (Å²) < 4.78 is 38.5. The summed E-state index contributed by atoms with van der Waals surface area (Å²) in [6, 6.07) is 4.89. The molecule has 3 heterocycles. The normalized spacial score (nSPS) is 17.2. The highest BCUT2D eigenvalue weighted by Gasteiger charge is 2.30. The molecule has 1 aliphatic heterocycles. The topological polar surface area (TPSA) is 79.8 Å². The van der Waals surface area contributed by atoms with Crippen LogP contribution in [0.5, 0.6) is 0 Å². The number of nitrogens with one attached hydrogen (secondary N) is 2. The van der Waals surface area contributed by atoms with Crippen LogP contribution in [0.1, 0.15) is 24.8 Å². The molecule has 0 spiro atoms. The van der Waals surface area contributed by atoms with Gasteiger partial charge in [0.05, 0.1) is 5.56 Å². The first-order valence-electron chi connectivity index (χ1n) is 9.22. The average Bonchev–Trinajstić information content (AvgIpc) is 2.71. The van der Waals surface area contributed by atoms with Crippen LogP contribution in [-0.2, 0) is 11.0 Å². The van der Waals surface area contributed by atoms with Crippen LogP contribution in [0.2, 0.25) is 0 Å². The van der Waals surface area contributed by atoms with E-state index in [0.29, 0.717) is 40.9 Å². The van der Waals surface area contributed by atoms with Crippen LogP contribution in [0.4, 0.5) is 19.0 Å². The fourth-order valence-corrected chi connectivity index (χ4v) is 3.39. The molecule has 2 N–H and O–H groups in total. The van der Waals surface area contributed by atoms with E-state index >= 15 is 0 Å². The first kappa shape index (κ1) is 19.1. The van der Waals surface area contributed by atoms with E-state index in [4.69, 9.17) is 0 Å². The van der Waals surface area contributed by atoms with Gasteiger partial charge in [0.25, 0.3) is 0 Å². The van der Waals surface area contributed by atoms with Gasteiger partial charge in [-0.15, -0.1) is 0 Å². The molecule has 1 amide bonds. The number of carbonyl (C=O) groups is 1. The van der Waals surface area contributed by atoms with Gasteiger partial charge in [-0.1, -0.05) is 12.1 Å². The van der Waals surface area contributed by atoms with Crippen LogP contribution in [0.3, 0.4) is 0 Å². The molecule has 3 aromatic rings. The number of hydrogen-bond acceptors (Lipinski definition) is 5. The van der Waals surface area contributed by atoms with Crippen molar-refractivity contribution in [3.05, 3.63) is 48.4 Å². The van der Waals surface area contributed by atoms with Crippen LogP contribution in [0, 0.1) is 0 Å². The van der Waals surface area contributed by atoms with Crippen molar-refractivity contribution < 1.29 is 18.0 Å². The monoisotopic (exact) mass is 401 g/mol. The third-order valence-corrected chi connectivity index (χ3v) is 4.86. The quantitative estimate of drug-likeness (QED) is 0.695. The molecule has 1 aliphatic rings. The lowest BCUT2D eigenvalue weighted by atomic mass is 10.0. The smallest absolute Gasteiger partial charge is 0.366 e. The number of amides is 1. The third kappa shape index (κ3) is 4.13. The second kappa shape index (κ2) is 7.65. The number of benzene rings is 1. The molecule has 0 aliphatic carbocycles. The fourth-order valence-electron chi connectivity index (χ4n) is 3.39. The summed E-state index contributed by atoms with van der Waals surface area (Å²) in [7, 11) is 0. The number of fused-ring (bicyclic) bond motifs is 1. The maximum atomic E-state index is 12.8. The van der Waals surface area contributed by atoms with Gasteiger partial charge in [-0.25, -0.2) is 9.97 Å². The number of rotatable bonds is 4. The Morgan fingerprint density at radius 3 is 2.48 bits per heavy atom. The van der Waals surface area contributed by atoms with E-state index in [9.17, 15) is 18.0 Å². The minimum atomic E-state index is -4.39. The maximum Gasteiger partial charge on any atom is 0.416 e. The van der Waals surface area contributed by atoms with Crippen molar-refractivity contribution in [2.45, 2.75) is 31.5 Å². The summed E-state index contributed by atoms with van der Waals surface area (Å²) >= 11 is 0. The van der Waals surface area contributed by atoms with E-state index < -0.39 is 11.7 Å². The van der Waals surface area contributed by atoms with Gasteiger partial charge in [0.15, 0.2) is 5.82 Å². The van der Waals surface area contributed by atoms with E-state index in [1.165, 1.54) is 24.5 Å². The molecule has 0 unspecified atom stereocenters. The zero-order valence-corrected chi connectivity index (χ0v) is 15.3. The van der Waals surface area contributed by atoms with E-state index in [1.807, 2.05) is 0 Å². The minimum absolute atomic E-state index is 0.0133. The number of nitrogens with zero attached hydrogens (tertiary/aromatic N) is 3. The Hall–Kier alpha value is -3.23. The summed E-state index contributed by atoms with van der Waals surface area (Å²) in [6.45, 7) is 0.504. The van der Waals surface area contributed by atoms with E-state index in [0.717, 1.165) is 25.0 Å². The molecule has 29 heavy (non-hydrogen) atoms. The summed E-state index contributed by atoms with van der Waals surface area (Å²) in [6.07, 6.45) is 2.52. The summed E-state index contributed by atoms with van der Waals surface area (Å²) in [5.74, 6) is 0.557. The first-order chi connectivity index (χ1) is 13.9. The predicted octanol–water partition coefficient (Wildman–Crippen LogP) is 3.79. The Kier molecular flexibility index (Phi) is 5.04. The number of pyridine rings is 1. The Bertz CT molecular complexity index is 1040. The molecular weight excluding hydrogens is 383 g/mol. The van der Waals surface area contributed by atoms with E-state index in [-0.39, 0.29) is 11.9 Å². The van der Waals surface area contributed by atoms with Gasteiger partial charge >= 0.3 is 6.18 Å². The van der Waals surface area contributed by atoms with Crippen molar-refractivity contribution >= 4 is 22.8 Å². The summed E-state index contributed by atoms with van der Waals surface area (Å²) in [5.41, 5.74) is 1.52. The molecule has 0 saturated carbocycles. The van der Waals surface area contributed by atoms with Crippen LogP contribution in [0.25, 0.3) is 22.2 Å². The second-order valence-electron chi connectivity index (χ2n) is 6.89. The van der Waals surface area contributed by atoms with Crippen molar-refractivity contribution in [2.24, 2.45) is 0 Å². The van der Waals surface area contributed by atoms with Crippen molar-refractivity contribution in [3.8, 4) is 11.1 Å². The molecule has 0 radical (unpaired) electrons. The van der Waals surface area contributed by atoms with E-state index in [2.05, 4.69) is 25.6 Å². The van der Waals surface area contributed by atoms with Crippen LogP contribution >= 0.6 is 0 Å². The highest BCUT2D eigenvalue weighted by molar-refractivity contribution is 5.96. The SMILES string of the molecule is O=C1CCC[C@H](CNc2ncc(-c3ccc(C(F)(F)F)cc3)c3nccnc23)N1. The molecule has 1 fully saturated rings. The third-order valence-electron chi connectivity index (χ3n) is 4.86. The number of halogens is 3. The molecule has 1 saturated heterocycles. The highest BCUT2D eigenvalue weighted by atomic mass is 19.4. The largest absolute Gasteiger partial charge is 0.416 e. The van der Waals surface area contributed by atoms with Gasteiger partial charge in [0.2, 0.25) is 5.91 Å². The Balaban J connectivity index is 1.62. The lowest BCUT2D eigenvalue weighted by molar-refractivity contribution is -0.137. The Morgan fingerprint density at radius 1 is 1.07 bits per heavy atom. The molecule has 6 nitrogen and oxygen atoms in total. The zero-order valence-electron chi connectivity index (χ0n) is 15.3. The molecule has 4 rings (SSSR count). The maximum absolute atomic E-state index is 12.8. The number of anilines is 1. The lowest BCUT2D eigenvalue weighted by Gasteiger charge is -2.23. The molecule has 1 aromatic carbocycles. The van der Waals surface area contributed by atoms with Gasteiger partial charge in [-0.05, 0) is 30.5 Å². The average molecular weight is 401 g/mol. The highest BCUT2D eigenvalue weighted by Crippen LogP contribution is 2.33. The fraction of sp³-hybridized carbons (Fsp3) is 0.300. The van der Waals surface area contributed by atoms with Crippen molar-refractivity contribution in [3.63, 3.8) is 0 Å². The minimum Gasteiger partial charge on any atom is -0.366 e. The van der Waals surface area contributed by atoms with Gasteiger partial charge in [0.1, 0.15) is 11.0 Å². The number of carbonyl (C=O) groups excluding carboxylic acids is 1. The van der Waals surface area contributed by atoms with Gasteiger partial charge < -0.3 is 10.6 Å².